The lowest BCUT2D eigenvalue weighted by atomic mass is 9.44. The molecular weight excluding hydrogens is 316 g/mol. The molecule has 0 aromatic carbocycles. The SMILES string of the molecule is C[C@]12CCC3(CC1CCC1C4CC[C@@H]5OC(O)C45CCC12)OCCO3. The maximum Gasteiger partial charge on any atom is 0.168 e. The molecule has 2 spiro atoms. The van der Waals surface area contributed by atoms with Crippen molar-refractivity contribution in [2.45, 2.75) is 82.9 Å². The van der Waals surface area contributed by atoms with E-state index in [1.807, 2.05) is 0 Å². The van der Waals surface area contributed by atoms with Crippen molar-refractivity contribution < 1.29 is 19.3 Å². The van der Waals surface area contributed by atoms with Gasteiger partial charge in [0.2, 0.25) is 0 Å². The summed E-state index contributed by atoms with van der Waals surface area (Å²) in [6.45, 7) is 4.13. The molecule has 0 amide bonds. The van der Waals surface area contributed by atoms with Crippen molar-refractivity contribution >= 4 is 0 Å². The van der Waals surface area contributed by atoms with Gasteiger partial charge in [-0.05, 0) is 74.0 Å². The maximum atomic E-state index is 10.5. The summed E-state index contributed by atoms with van der Waals surface area (Å²) >= 11 is 0. The van der Waals surface area contributed by atoms with Crippen LogP contribution in [0.3, 0.4) is 0 Å². The van der Waals surface area contributed by atoms with Gasteiger partial charge in [0.05, 0.1) is 24.7 Å². The lowest BCUT2D eigenvalue weighted by Crippen LogP contribution is -2.65. The lowest BCUT2D eigenvalue weighted by molar-refractivity contribution is -0.355. The van der Waals surface area contributed by atoms with E-state index in [0.717, 1.165) is 43.8 Å². The molecule has 0 bridgehead atoms. The Morgan fingerprint density at radius 1 is 0.880 bits per heavy atom. The van der Waals surface area contributed by atoms with Crippen molar-refractivity contribution in [1.82, 2.24) is 0 Å². The predicted molar refractivity (Wildman–Crippen MR) is 91.6 cm³/mol. The molecule has 6 unspecified atom stereocenters. The van der Waals surface area contributed by atoms with Gasteiger partial charge in [0.15, 0.2) is 12.1 Å². The zero-order valence-corrected chi connectivity index (χ0v) is 15.4. The van der Waals surface area contributed by atoms with E-state index in [1.54, 1.807) is 0 Å². The van der Waals surface area contributed by atoms with Crippen molar-refractivity contribution in [1.29, 1.82) is 0 Å². The molecule has 8 atom stereocenters. The normalized spacial score (nSPS) is 58.8. The van der Waals surface area contributed by atoms with Crippen LogP contribution in [-0.2, 0) is 14.2 Å². The van der Waals surface area contributed by atoms with Crippen LogP contribution >= 0.6 is 0 Å². The Morgan fingerprint density at radius 3 is 2.52 bits per heavy atom. The van der Waals surface area contributed by atoms with Gasteiger partial charge in [0, 0.05) is 12.8 Å². The van der Waals surface area contributed by atoms with Gasteiger partial charge in [-0.15, -0.1) is 0 Å². The topological polar surface area (TPSA) is 47.9 Å². The van der Waals surface area contributed by atoms with Crippen LogP contribution in [0.2, 0.25) is 0 Å². The third-order valence-corrected chi connectivity index (χ3v) is 9.75. The highest BCUT2D eigenvalue weighted by atomic mass is 16.7. The van der Waals surface area contributed by atoms with Gasteiger partial charge in [0.1, 0.15) is 0 Å². The van der Waals surface area contributed by atoms with Gasteiger partial charge >= 0.3 is 0 Å². The minimum absolute atomic E-state index is 0.123. The third kappa shape index (κ3) is 1.83. The average molecular weight is 348 g/mol. The predicted octanol–water partition coefficient (Wildman–Crippen LogP) is 3.47. The van der Waals surface area contributed by atoms with Crippen molar-refractivity contribution in [3.63, 3.8) is 0 Å². The molecule has 0 radical (unpaired) electrons. The summed E-state index contributed by atoms with van der Waals surface area (Å²) in [7, 11) is 0. The monoisotopic (exact) mass is 348 g/mol. The van der Waals surface area contributed by atoms with E-state index in [-0.39, 0.29) is 11.2 Å². The molecule has 4 nitrogen and oxygen atoms in total. The maximum absolute atomic E-state index is 10.5. The van der Waals surface area contributed by atoms with Gasteiger partial charge < -0.3 is 19.3 Å². The highest BCUT2D eigenvalue weighted by Crippen LogP contribution is 2.70. The molecule has 6 fully saturated rings. The fraction of sp³-hybridized carbons (Fsp3) is 1.00. The van der Waals surface area contributed by atoms with Crippen LogP contribution in [-0.4, -0.2) is 36.5 Å². The average Bonchev–Trinajstić information content (AvgIpc) is 3.19. The van der Waals surface area contributed by atoms with E-state index in [0.29, 0.717) is 17.4 Å². The first-order valence-corrected chi connectivity index (χ1v) is 10.7. The van der Waals surface area contributed by atoms with Crippen molar-refractivity contribution in [2.24, 2.45) is 34.5 Å². The van der Waals surface area contributed by atoms with E-state index < -0.39 is 6.29 Å². The summed E-state index contributed by atoms with van der Waals surface area (Å²) in [6.07, 6.45) is 10.9. The largest absolute Gasteiger partial charge is 0.367 e. The van der Waals surface area contributed by atoms with Gasteiger partial charge in [0.25, 0.3) is 0 Å². The summed E-state index contributed by atoms with van der Waals surface area (Å²) in [5, 5.41) is 10.5. The van der Waals surface area contributed by atoms with Gasteiger partial charge in [-0.2, -0.15) is 0 Å². The second-order valence-corrected chi connectivity index (χ2v) is 10.2. The van der Waals surface area contributed by atoms with Crippen LogP contribution in [0.4, 0.5) is 0 Å². The summed E-state index contributed by atoms with van der Waals surface area (Å²) in [4.78, 5) is 0. The molecule has 0 aromatic heterocycles. The highest BCUT2D eigenvalue weighted by Gasteiger charge is 2.70. The zero-order valence-electron chi connectivity index (χ0n) is 15.4. The lowest BCUT2D eigenvalue weighted by Gasteiger charge is -2.64. The quantitative estimate of drug-likeness (QED) is 0.728. The van der Waals surface area contributed by atoms with Crippen LogP contribution < -0.4 is 0 Å². The van der Waals surface area contributed by atoms with Crippen LogP contribution in [0.25, 0.3) is 0 Å². The first kappa shape index (κ1) is 15.9. The Hall–Kier alpha value is -0.160. The first-order chi connectivity index (χ1) is 12.1. The molecule has 25 heavy (non-hydrogen) atoms. The molecule has 6 aliphatic rings. The van der Waals surface area contributed by atoms with E-state index in [2.05, 4.69) is 6.92 Å². The van der Waals surface area contributed by atoms with Gasteiger partial charge in [-0.25, -0.2) is 0 Å². The molecule has 6 rings (SSSR count). The fourth-order valence-corrected chi connectivity index (χ4v) is 8.50. The van der Waals surface area contributed by atoms with E-state index in [1.165, 1.54) is 44.9 Å². The van der Waals surface area contributed by atoms with Crippen molar-refractivity contribution in [3.05, 3.63) is 0 Å². The van der Waals surface area contributed by atoms with Crippen LogP contribution in [0.5, 0.6) is 0 Å². The Bertz CT molecular complexity index is 572. The van der Waals surface area contributed by atoms with Crippen molar-refractivity contribution in [2.75, 3.05) is 13.2 Å². The Balaban J connectivity index is 1.29. The number of hydrogen-bond donors (Lipinski definition) is 1. The third-order valence-electron chi connectivity index (χ3n) is 9.75. The summed E-state index contributed by atoms with van der Waals surface area (Å²) in [5.41, 5.74) is 0.566. The summed E-state index contributed by atoms with van der Waals surface area (Å²) < 4.78 is 17.8. The van der Waals surface area contributed by atoms with Crippen LogP contribution in [0, 0.1) is 34.5 Å². The molecule has 0 aromatic rings. The van der Waals surface area contributed by atoms with E-state index >= 15 is 0 Å². The van der Waals surface area contributed by atoms with Gasteiger partial charge in [-0.3, -0.25) is 0 Å². The van der Waals surface area contributed by atoms with Crippen LogP contribution in [0.15, 0.2) is 0 Å². The molecule has 4 heteroatoms. The summed E-state index contributed by atoms with van der Waals surface area (Å²) in [5.74, 6) is 2.83. The molecule has 140 valence electrons. The van der Waals surface area contributed by atoms with Crippen molar-refractivity contribution in [3.8, 4) is 0 Å². The van der Waals surface area contributed by atoms with Gasteiger partial charge in [-0.1, -0.05) is 6.92 Å². The minimum atomic E-state index is -0.480. The standard InChI is InChI=1S/C21H32O4/c1-19-8-9-20(23-10-11-24-20)12-13(19)2-3-14-15(19)6-7-21-16(14)4-5-17(21)25-18(21)22/h13-18,22H,2-12H2,1H3/t13?,14?,15?,16?,17-,18?,19-,21?/m0/s1. The second kappa shape index (κ2) is 5.01. The number of aliphatic hydroxyl groups is 1. The fourth-order valence-electron chi connectivity index (χ4n) is 8.50. The number of fused-ring (bicyclic) bond motifs is 4. The highest BCUT2D eigenvalue weighted by molar-refractivity contribution is 5.15. The first-order valence-electron chi connectivity index (χ1n) is 10.7. The number of rotatable bonds is 0. The molecule has 2 heterocycles. The molecule has 4 aliphatic carbocycles. The molecular formula is C21H32O4. The van der Waals surface area contributed by atoms with Crippen LogP contribution in [0.1, 0.15) is 64.7 Å². The number of hydrogen-bond acceptors (Lipinski definition) is 4. The second-order valence-electron chi connectivity index (χ2n) is 10.2. The number of ether oxygens (including phenoxy) is 3. The molecule has 2 saturated heterocycles. The Labute approximate surface area is 150 Å². The number of aliphatic hydroxyl groups excluding tert-OH is 1. The Morgan fingerprint density at radius 2 is 1.72 bits per heavy atom. The molecule has 2 aliphatic heterocycles. The molecule has 4 saturated carbocycles. The van der Waals surface area contributed by atoms with E-state index in [9.17, 15) is 5.11 Å². The molecule has 1 N–H and O–H groups in total. The minimum Gasteiger partial charge on any atom is -0.367 e. The van der Waals surface area contributed by atoms with E-state index in [4.69, 9.17) is 14.2 Å². The Kier molecular flexibility index (Phi) is 3.18. The summed E-state index contributed by atoms with van der Waals surface area (Å²) in [6, 6.07) is 0. The smallest absolute Gasteiger partial charge is 0.168 e. The zero-order chi connectivity index (χ0) is 16.9.